The zero-order valence-electron chi connectivity index (χ0n) is 9.24. The smallest absolute Gasteiger partial charge is 0.310 e. The Balaban J connectivity index is 2.42. The van der Waals surface area contributed by atoms with Gasteiger partial charge in [-0.3, -0.25) is 9.59 Å². The van der Waals surface area contributed by atoms with Gasteiger partial charge in [0.05, 0.1) is 11.8 Å². The molecule has 1 N–H and O–H groups in total. The number of ether oxygens (including phenoxy) is 1. The van der Waals surface area contributed by atoms with E-state index in [9.17, 15) is 9.59 Å². The van der Waals surface area contributed by atoms with Crippen molar-refractivity contribution < 1.29 is 19.4 Å². The van der Waals surface area contributed by atoms with E-state index in [-0.39, 0.29) is 11.4 Å². The summed E-state index contributed by atoms with van der Waals surface area (Å²) in [6, 6.07) is 0. The molecular weight excluding hydrogens is 196 g/mol. The number of aliphatic carboxylic acids is 1. The van der Waals surface area contributed by atoms with E-state index in [1.165, 1.54) is 0 Å². The highest BCUT2D eigenvalue weighted by molar-refractivity contribution is 5.84. The highest BCUT2D eigenvalue weighted by Crippen LogP contribution is 2.54. The molecule has 1 saturated carbocycles. The number of carbonyl (C=O) groups is 2. The second-order valence-electron chi connectivity index (χ2n) is 5.66. The first-order chi connectivity index (χ1) is 6.75. The van der Waals surface area contributed by atoms with Crippen LogP contribution in [0.1, 0.15) is 33.6 Å². The predicted molar refractivity (Wildman–Crippen MR) is 52.1 cm³/mol. The van der Waals surface area contributed by atoms with Crippen molar-refractivity contribution in [2.75, 3.05) is 0 Å². The van der Waals surface area contributed by atoms with Gasteiger partial charge in [0.2, 0.25) is 0 Å². The molecule has 4 heteroatoms. The molecule has 0 aromatic heterocycles. The van der Waals surface area contributed by atoms with Crippen LogP contribution in [0.25, 0.3) is 0 Å². The third kappa shape index (κ3) is 1.43. The highest BCUT2D eigenvalue weighted by Gasteiger charge is 2.60. The van der Waals surface area contributed by atoms with Crippen LogP contribution >= 0.6 is 0 Å². The number of esters is 1. The lowest BCUT2D eigenvalue weighted by Gasteiger charge is -2.54. The van der Waals surface area contributed by atoms with Crippen molar-refractivity contribution in [3.63, 3.8) is 0 Å². The van der Waals surface area contributed by atoms with Gasteiger partial charge >= 0.3 is 11.9 Å². The molecule has 3 aliphatic rings. The van der Waals surface area contributed by atoms with Gasteiger partial charge in [-0.1, -0.05) is 13.8 Å². The minimum atomic E-state index is -0.879. The molecule has 0 radical (unpaired) electrons. The van der Waals surface area contributed by atoms with Crippen LogP contribution in [-0.2, 0) is 14.3 Å². The van der Waals surface area contributed by atoms with Crippen LogP contribution in [0.5, 0.6) is 0 Å². The van der Waals surface area contributed by atoms with Crippen molar-refractivity contribution >= 4 is 11.9 Å². The van der Waals surface area contributed by atoms with Gasteiger partial charge in [0.25, 0.3) is 0 Å². The summed E-state index contributed by atoms with van der Waals surface area (Å²) in [6.45, 7) is 5.73. The van der Waals surface area contributed by atoms with Crippen molar-refractivity contribution in [2.45, 2.75) is 39.2 Å². The molecule has 3 fully saturated rings. The fourth-order valence-electron chi connectivity index (χ4n) is 3.37. The number of carboxylic acids is 1. The Hall–Kier alpha value is -1.06. The summed E-state index contributed by atoms with van der Waals surface area (Å²) >= 11 is 0. The fraction of sp³-hybridized carbons (Fsp3) is 0.818. The molecule has 1 aliphatic carbocycles. The third-order valence-corrected chi connectivity index (χ3v) is 3.64. The maximum absolute atomic E-state index is 11.7. The summed E-state index contributed by atoms with van der Waals surface area (Å²) in [5.41, 5.74) is -0.857. The van der Waals surface area contributed by atoms with Crippen molar-refractivity contribution in [1.82, 2.24) is 0 Å². The standard InChI is InChI=1S/C11H16O4/c1-10(2)5-11(3)4-6(8(12)13)7(10)9(14)15-11/h6-7H,4-5H2,1-3H3,(H,12,13)/t6-,7+,11+/m0/s1. The fourth-order valence-corrected chi connectivity index (χ4v) is 3.37. The first-order valence-corrected chi connectivity index (χ1v) is 5.21. The number of hydrogen-bond acceptors (Lipinski definition) is 3. The Bertz CT molecular complexity index is 331. The Morgan fingerprint density at radius 3 is 2.47 bits per heavy atom. The summed E-state index contributed by atoms with van der Waals surface area (Å²) in [5.74, 6) is -2.29. The van der Waals surface area contributed by atoms with Crippen LogP contribution < -0.4 is 0 Å². The van der Waals surface area contributed by atoms with Crippen molar-refractivity contribution in [2.24, 2.45) is 17.3 Å². The van der Waals surface area contributed by atoms with Gasteiger partial charge in [0.15, 0.2) is 0 Å². The van der Waals surface area contributed by atoms with Crippen LogP contribution in [0.3, 0.4) is 0 Å². The molecule has 0 aromatic rings. The molecule has 15 heavy (non-hydrogen) atoms. The summed E-state index contributed by atoms with van der Waals surface area (Å²) in [4.78, 5) is 22.8. The lowest BCUT2D eigenvalue weighted by atomic mass is 9.57. The minimum absolute atomic E-state index is 0.272. The normalized spacial score (nSPS) is 42.5. The van der Waals surface area contributed by atoms with Crippen molar-refractivity contribution in [1.29, 1.82) is 0 Å². The predicted octanol–water partition coefficient (Wildman–Crippen LogP) is 1.44. The van der Waals surface area contributed by atoms with Gasteiger partial charge in [0, 0.05) is 6.42 Å². The van der Waals surface area contributed by atoms with Gasteiger partial charge in [-0.2, -0.15) is 0 Å². The molecule has 84 valence electrons. The van der Waals surface area contributed by atoms with E-state index < -0.39 is 23.4 Å². The van der Waals surface area contributed by atoms with Gasteiger partial charge in [0.1, 0.15) is 5.60 Å². The molecule has 3 rings (SSSR count). The average Bonchev–Trinajstić information content (AvgIpc) is 1.97. The van der Waals surface area contributed by atoms with E-state index in [0.717, 1.165) is 6.42 Å². The minimum Gasteiger partial charge on any atom is -0.481 e. The molecular formula is C11H16O4. The van der Waals surface area contributed by atoms with Crippen molar-refractivity contribution in [3.05, 3.63) is 0 Å². The van der Waals surface area contributed by atoms with Crippen molar-refractivity contribution in [3.8, 4) is 0 Å². The zero-order chi connectivity index (χ0) is 11.4. The largest absolute Gasteiger partial charge is 0.481 e. The highest BCUT2D eigenvalue weighted by atomic mass is 16.6. The first-order valence-electron chi connectivity index (χ1n) is 5.21. The van der Waals surface area contributed by atoms with Crippen LogP contribution in [-0.4, -0.2) is 22.6 Å². The molecule has 0 aromatic carbocycles. The van der Waals surface area contributed by atoms with E-state index in [2.05, 4.69) is 0 Å². The molecule has 0 unspecified atom stereocenters. The van der Waals surface area contributed by atoms with E-state index in [1.54, 1.807) is 0 Å². The first kappa shape index (κ1) is 10.5. The summed E-state index contributed by atoms with van der Waals surface area (Å²) in [7, 11) is 0. The summed E-state index contributed by atoms with van der Waals surface area (Å²) in [5, 5.41) is 9.12. The molecule has 2 bridgehead atoms. The number of carbonyl (C=O) groups excluding carboxylic acids is 1. The maximum Gasteiger partial charge on any atom is 0.310 e. The van der Waals surface area contributed by atoms with E-state index >= 15 is 0 Å². The molecule has 2 heterocycles. The van der Waals surface area contributed by atoms with Gasteiger partial charge in [-0.25, -0.2) is 0 Å². The van der Waals surface area contributed by atoms with Gasteiger partial charge in [-0.15, -0.1) is 0 Å². The molecule has 3 atom stereocenters. The lowest BCUT2D eigenvalue weighted by molar-refractivity contribution is -0.218. The Kier molecular flexibility index (Phi) is 1.91. The number of rotatable bonds is 1. The van der Waals surface area contributed by atoms with Gasteiger partial charge in [-0.05, 0) is 18.8 Å². The van der Waals surface area contributed by atoms with E-state index in [1.807, 2.05) is 20.8 Å². The Morgan fingerprint density at radius 1 is 1.47 bits per heavy atom. The van der Waals surface area contributed by atoms with Crippen LogP contribution in [0.2, 0.25) is 0 Å². The Labute approximate surface area is 88.6 Å². The molecule has 4 nitrogen and oxygen atoms in total. The SMILES string of the molecule is CC1(C)C[C@@]2(C)C[C@H](C(=O)O)[C@@H]1C(=O)O2. The Morgan fingerprint density at radius 2 is 2.07 bits per heavy atom. The van der Waals surface area contributed by atoms with Crippen LogP contribution in [0.15, 0.2) is 0 Å². The molecule has 2 saturated heterocycles. The van der Waals surface area contributed by atoms with E-state index in [0.29, 0.717) is 6.42 Å². The van der Waals surface area contributed by atoms with Crippen LogP contribution in [0, 0.1) is 17.3 Å². The topological polar surface area (TPSA) is 63.6 Å². The van der Waals surface area contributed by atoms with Crippen LogP contribution in [0.4, 0.5) is 0 Å². The monoisotopic (exact) mass is 212 g/mol. The number of carboxylic acid groups (broad SMARTS) is 1. The molecule has 2 aliphatic heterocycles. The van der Waals surface area contributed by atoms with Gasteiger partial charge < -0.3 is 9.84 Å². The van der Waals surface area contributed by atoms with E-state index in [4.69, 9.17) is 9.84 Å². The summed E-state index contributed by atoms with van der Waals surface area (Å²) < 4.78 is 5.29. The zero-order valence-corrected chi connectivity index (χ0v) is 9.24. The lowest BCUT2D eigenvalue weighted by Crippen LogP contribution is -2.60. The number of hydrogen-bond donors (Lipinski definition) is 1. The number of fused-ring (bicyclic) bond motifs is 3. The average molecular weight is 212 g/mol. The quantitative estimate of drug-likeness (QED) is 0.668. The molecule has 0 spiro atoms. The summed E-state index contributed by atoms with van der Waals surface area (Å²) in [6.07, 6.45) is 1.20. The maximum atomic E-state index is 11.7. The third-order valence-electron chi connectivity index (χ3n) is 3.64. The second kappa shape index (κ2) is 2.74. The molecule has 0 amide bonds. The second-order valence-corrected chi connectivity index (χ2v) is 5.66.